The number of carbonyl (C=O) groups is 1. The minimum atomic E-state index is 0.0205. The summed E-state index contributed by atoms with van der Waals surface area (Å²) in [5, 5.41) is 3.27. The van der Waals surface area contributed by atoms with Crippen molar-refractivity contribution < 1.29 is 14.3 Å². The zero-order valence-electron chi connectivity index (χ0n) is 14.9. The highest BCUT2D eigenvalue weighted by atomic mass is 16.5. The maximum Gasteiger partial charge on any atom is 0.246 e. The molecule has 1 aliphatic heterocycles. The number of nitrogens with one attached hydrogen (secondary N) is 1. The van der Waals surface area contributed by atoms with Crippen LogP contribution < -0.4 is 5.32 Å². The first-order chi connectivity index (χ1) is 12.3. The number of amides is 1. The molecule has 4 rings (SSSR count). The number of hydrogen-bond donors (Lipinski definition) is 1. The lowest BCUT2D eigenvalue weighted by Gasteiger charge is -2.49. The highest BCUT2D eigenvalue weighted by Crippen LogP contribution is 2.55. The molecule has 0 spiro atoms. The number of fused-ring (bicyclic) bond motifs is 1. The van der Waals surface area contributed by atoms with Gasteiger partial charge in [0.1, 0.15) is 6.61 Å². The molecule has 0 radical (unpaired) electrons. The Balaban J connectivity index is 1.29. The monoisotopic (exact) mass is 343 g/mol. The summed E-state index contributed by atoms with van der Waals surface area (Å²) in [4.78, 5) is 12.4. The van der Waals surface area contributed by atoms with Gasteiger partial charge in [-0.3, -0.25) is 4.79 Å². The van der Waals surface area contributed by atoms with Gasteiger partial charge in [0.2, 0.25) is 5.91 Å². The first kappa shape index (κ1) is 17.0. The minimum Gasteiger partial charge on any atom is -0.376 e. The number of rotatable bonds is 6. The van der Waals surface area contributed by atoms with Crippen LogP contribution in [-0.2, 0) is 14.3 Å². The third-order valence-corrected chi connectivity index (χ3v) is 6.26. The van der Waals surface area contributed by atoms with E-state index in [2.05, 4.69) is 35.6 Å². The van der Waals surface area contributed by atoms with Gasteiger partial charge in [-0.1, -0.05) is 36.8 Å². The molecule has 3 aliphatic rings. The Bertz CT molecular complexity index is 570. The van der Waals surface area contributed by atoms with E-state index in [-0.39, 0.29) is 24.7 Å². The molecule has 0 bridgehead atoms. The van der Waals surface area contributed by atoms with Crippen LogP contribution in [0.1, 0.15) is 50.0 Å². The molecular formula is C21H29NO3. The summed E-state index contributed by atoms with van der Waals surface area (Å²) in [5.74, 6) is 1.88. The number of ether oxygens (including phenoxy) is 2. The van der Waals surface area contributed by atoms with Gasteiger partial charge in [-0.25, -0.2) is 0 Å². The zero-order valence-corrected chi connectivity index (χ0v) is 14.9. The minimum absolute atomic E-state index is 0.0205. The molecule has 0 aromatic heterocycles. The zero-order chi connectivity index (χ0) is 17.1. The van der Waals surface area contributed by atoms with Crippen molar-refractivity contribution in [2.24, 2.45) is 11.8 Å². The van der Waals surface area contributed by atoms with Gasteiger partial charge < -0.3 is 14.8 Å². The summed E-state index contributed by atoms with van der Waals surface area (Å²) in [5.41, 5.74) is 1.37. The Labute approximate surface area is 150 Å². The second kappa shape index (κ2) is 7.88. The molecule has 1 aromatic rings. The van der Waals surface area contributed by atoms with E-state index < -0.39 is 0 Å². The Morgan fingerprint density at radius 3 is 2.72 bits per heavy atom. The third-order valence-electron chi connectivity index (χ3n) is 6.26. The van der Waals surface area contributed by atoms with Crippen LogP contribution in [0.3, 0.4) is 0 Å². The largest absolute Gasteiger partial charge is 0.376 e. The molecule has 1 N–H and O–H groups in total. The fourth-order valence-electron chi connectivity index (χ4n) is 5.07. The number of benzene rings is 1. The third kappa shape index (κ3) is 3.75. The van der Waals surface area contributed by atoms with Gasteiger partial charge in [0.15, 0.2) is 0 Å². The molecular weight excluding hydrogens is 314 g/mol. The lowest BCUT2D eigenvalue weighted by atomic mass is 9.60. The van der Waals surface area contributed by atoms with E-state index >= 15 is 0 Å². The standard InChI is InChI=1S/C21H29NO3/c23-19(14-24-13-16-9-4-5-12-25-16)22-21-18-11-6-10-17(18)20(21)15-7-2-1-3-8-15/h1-3,7-8,16-18,20-21H,4-6,9-14H2,(H,22,23)/t16?,17?,18?,20-,21-/m1/s1. The maximum absolute atomic E-state index is 12.4. The molecule has 3 fully saturated rings. The fourth-order valence-corrected chi connectivity index (χ4v) is 5.07. The van der Waals surface area contributed by atoms with Crippen molar-refractivity contribution in [2.45, 2.75) is 56.6 Å². The van der Waals surface area contributed by atoms with Crippen molar-refractivity contribution in [2.75, 3.05) is 19.8 Å². The highest BCUT2D eigenvalue weighted by Gasteiger charge is 2.53. The first-order valence-corrected chi connectivity index (χ1v) is 9.86. The van der Waals surface area contributed by atoms with Crippen molar-refractivity contribution in [1.82, 2.24) is 5.32 Å². The SMILES string of the molecule is O=C(COCC1CCCCO1)N[C@@H]1C2CCCC2[C@H]1c1ccccc1. The van der Waals surface area contributed by atoms with Crippen LogP contribution in [0.4, 0.5) is 0 Å². The van der Waals surface area contributed by atoms with E-state index in [1.165, 1.54) is 31.2 Å². The lowest BCUT2D eigenvalue weighted by molar-refractivity contribution is -0.130. The van der Waals surface area contributed by atoms with Crippen molar-refractivity contribution in [3.05, 3.63) is 35.9 Å². The van der Waals surface area contributed by atoms with E-state index in [4.69, 9.17) is 9.47 Å². The maximum atomic E-state index is 12.4. The summed E-state index contributed by atoms with van der Waals surface area (Å²) >= 11 is 0. The van der Waals surface area contributed by atoms with Gasteiger partial charge in [0.25, 0.3) is 0 Å². The summed E-state index contributed by atoms with van der Waals surface area (Å²) in [6.07, 6.45) is 7.39. The molecule has 2 saturated carbocycles. The highest BCUT2D eigenvalue weighted by molar-refractivity contribution is 5.78. The normalized spacial score (nSPS) is 34.2. The molecule has 25 heavy (non-hydrogen) atoms. The van der Waals surface area contributed by atoms with E-state index in [1.807, 2.05) is 0 Å². The van der Waals surface area contributed by atoms with Crippen LogP contribution in [-0.4, -0.2) is 37.9 Å². The van der Waals surface area contributed by atoms with Crippen LogP contribution in [0.25, 0.3) is 0 Å². The predicted molar refractivity (Wildman–Crippen MR) is 96.4 cm³/mol. The summed E-state index contributed by atoms with van der Waals surface area (Å²) in [6, 6.07) is 10.9. The second-order valence-corrected chi connectivity index (χ2v) is 7.79. The van der Waals surface area contributed by atoms with Gasteiger partial charge in [-0.2, -0.15) is 0 Å². The Morgan fingerprint density at radius 2 is 1.92 bits per heavy atom. The topological polar surface area (TPSA) is 47.6 Å². The molecule has 3 unspecified atom stereocenters. The smallest absolute Gasteiger partial charge is 0.246 e. The van der Waals surface area contributed by atoms with Crippen molar-refractivity contribution >= 4 is 5.91 Å². The van der Waals surface area contributed by atoms with E-state index in [0.29, 0.717) is 18.4 Å². The molecule has 1 aromatic carbocycles. The van der Waals surface area contributed by atoms with Crippen LogP contribution in [0, 0.1) is 11.8 Å². The molecule has 136 valence electrons. The molecule has 2 aliphatic carbocycles. The van der Waals surface area contributed by atoms with Crippen LogP contribution in [0.15, 0.2) is 30.3 Å². The van der Waals surface area contributed by atoms with Crippen LogP contribution in [0.2, 0.25) is 0 Å². The first-order valence-electron chi connectivity index (χ1n) is 9.86. The molecule has 4 nitrogen and oxygen atoms in total. The molecule has 4 heteroatoms. The summed E-state index contributed by atoms with van der Waals surface area (Å²) < 4.78 is 11.3. The summed E-state index contributed by atoms with van der Waals surface area (Å²) in [6.45, 7) is 1.51. The molecule has 1 saturated heterocycles. The van der Waals surface area contributed by atoms with Gasteiger partial charge in [0.05, 0.1) is 12.7 Å². The van der Waals surface area contributed by atoms with E-state index in [9.17, 15) is 4.79 Å². The Kier molecular flexibility index (Phi) is 5.37. The van der Waals surface area contributed by atoms with Gasteiger partial charge >= 0.3 is 0 Å². The quantitative estimate of drug-likeness (QED) is 0.862. The van der Waals surface area contributed by atoms with Crippen molar-refractivity contribution in [3.8, 4) is 0 Å². The fraction of sp³-hybridized carbons (Fsp3) is 0.667. The van der Waals surface area contributed by atoms with Gasteiger partial charge in [0, 0.05) is 18.6 Å². The Hall–Kier alpha value is -1.39. The average Bonchev–Trinajstić information content (AvgIpc) is 3.05. The van der Waals surface area contributed by atoms with E-state index in [0.717, 1.165) is 25.4 Å². The summed E-state index contributed by atoms with van der Waals surface area (Å²) in [7, 11) is 0. The molecule has 1 heterocycles. The number of carbonyl (C=O) groups excluding carboxylic acids is 1. The van der Waals surface area contributed by atoms with Gasteiger partial charge in [-0.15, -0.1) is 0 Å². The van der Waals surface area contributed by atoms with Crippen LogP contribution >= 0.6 is 0 Å². The van der Waals surface area contributed by atoms with Crippen molar-refractivity contribution in [1.29, 1.82) is 0 Å². The molecule has 5 atom stereocenters. The number of hydrogen-bond acceptors (Lipinski definition) is 3. The molecule has 1 amide bonds. The van der Waals surface area contributed by atoms with Crippen molar-refractivity contribution in [3.63, 3.8) is 0 Å². The Morgan fingerprint density at radius 1 is 1.08 bits per heavy atom. The van der Waals surface area contributed by atoms with E-state index in [1.54, 1.807) is 0 Å². The second-order valence-electron chi connectivity index (χ2n) is 7.79. The average molecular weight is 343 g/mol. The van der Waals surface area contributed by atoms with Gasteiger partial charge in [-0.05, 0) is 49.5 Å². The predicted octanol–water partition coefficient (Wildman–Crippen LogP) is 3.27. The lowest BCUT2D eigenvalue weighted by Crippen LogP contribution is -2.57. The van der Waals surface area contributed by atoms with Crippen LogP contribution in [0.5, 0.6) is 0 Å².